The van der Waals surface area contributed by atoms with Crippen molar-refractivity contribution >= 4 is 51.5 Å². The van der Waals surface area contributed by atoms with E-state index in [2.05, 4.69) is 15.5 Å². The van der Waals surface area contributed by atoms with Crippen molar-refractivity contribution in [2.45, 2.75) is 6.92 Å². The number of hydrogen-bond donors (Lipinski definition) is 2. The molecule has 1 aromatic heterocycles. The predicted octanol–water partition coefficient (Wildman–Crippen LogP) is 3.33. The highest BCUT2D eigenvalue weighted by Gasteiger charge is 2.22. The maximum absolute atomic E-state index is 12.9. The maximum Gasteiger partial charge on any atom is 0.275 e. The second-order valence-electron chi connectivity index (χ2n) is 5.91. The number of fused-ring (bicyclic) bond motifs is 1. The van der Waals surface area contributed by atoms with Gasteiger partial charge in [0.05, 0.1) is 21.1 Å². The molecule has 2 aromatic carbocycles. The molecule has 0 aliphatic heterocycles. The predicted molar refractivity (Wildman–Crippen MR) is 109 cm³/mol. The van der Waals surface area contributed by atoms with Crippen molar-refractivity contribution in [3.05, 3.63) is 68.6 Å². The topological polar surface area (TPSA) is 95.2 Å². The van der Waals surface area contributed by atoms with Gasteiger partial charge in [-0.25, -0.2) is 5.10 Å². The quantitative estimate of drug-likeness (QED) is 0.663. The van der Waals surface area contributed by atoms with Crippen molar-refractivity contribution in [3.63, 3.8) is 0 Å². The summed E-state index contributed by atoms with van der Waals surface area (Å²) in [6.07, 6.45) is 0. The van der Waals surface area contributed by atoms with Gasteiger partial charge in [0.15, 0.2) is 5.69 Å². The molecule has 0 unspecified atom stereocenters. The van der Waals surface area contributed by atoms with Gasteiger partial charge in [0, 0.05) is 11.9 Å². The summed E-state index contributed by atoms with van der Waals surface area (Å²) in [5, 5.41) is 10.2. The molecule has 2 N–H and O–H groups in total. The molecule has 144 valence electrons. The number of H-pyrrole nitrogens is 1. The molecule has 0 radical (unpaired) electrons. The fourth-order valence-corrected chi connectivity index (χ4v) is 3.22. The molecule has 0 fully saturated rings. The molecule has 0 saturated heterocycles. The van der Waals surface area contributed by atoms with Crippen LogP contribution in [0.3, 0.4) is 0 Å². The smallest absolute Gasteiger partial charge is 0.275 e. The van der Waals surface area contributed by atoms with Crippen LogP contribution in [0.5, 0.6) is 0 Å². The third kappa shape index (κ3) is 4.00. The number of para-hydroxylation sites is 1. The van der Waals surface area contributed by atoms with Crippen molar-refractivity contribution in [2.24, 2.45) is 0 Å². The van der Waals surface area contributed by atoms with Crippen LogP contribution in [0.25, 0.3) is 10.8 Å². The molecule has 0 bridgehead atoms. The zero-order valence-electron chi connectivity index (χ0n) is 14.8. The Morgan fingerprint density at radius 2 is 1.71 bits per heavy atom. The van der Waals surface area contributed by atoms with Crippen molar-refractivity contribution in [3.8, 4) is 0 Å². The van der Waals surface area contributed by atoms with Gasteiger partial charge in [-0.15, -0.1) is 0 Å². The van der Waals surface area contributed by atoms with E-state index < -0.39 is 11.8 Å². The van der Waals surface area contributed by atoms with Crippen molar-refractivity contribution in [1.82, 2.24) is 15.1 Å². The molecule has 0 spiro atoms. The minimum absolute atomic E-state index is 0.0700. The number of hydrogen-bond acceptors (Lipinski definition) is 4. The highest BCUT2D eigenvalue weighted by atomic mass is 35.5. The van der Waals surface area contributed by atoms with Gasteiger partial charge in [-0.05, 0) is 25.1 Å². The Balaban J connectivity index is 1.84. The van der Waals surface area contributed by atoms with Crippen LogP contribution in [-0.2, 0) is 4.79 Å². The zero-order valence-corrected chi connectivity index (χ0v) is 16.3. The molecular formula is C19H16Cl2N4O3. The summed E-state index contributed by atoms with van der Waals surface area (Å²) >= 11 is 12.1. The molecule has 1 heterocycles. The van der Waals surface area contributed by atoms with Gasteiger partial charge in [0.25, 0.3) is 11.5 Å². The standard InChI is InChI=1S/C19H16Cl2N4O3/c1-2-25(10-15(26)22-17-13(20)8-5-9-14(17)21)19(28)16-11-6-3-4-7-12(11)18(27)24-23-16/h3-9H,2,10H2,1H3,(H,22,26)(H,24,27). The maximum atomic E-state index is 12.9. The van der Waals surface area contributed by atoms with E-state index in [1.807, 2.05) is 0 Å². The summed E-state index contributed by atoms with van der Waals surface area (Å²) < 4.78 is 0. The van der Waals surface area contributed by atoms with E-state index >= 15 is 0 Å². The number of nitrogens with one attached hydrogen (secondary N) is 2. The van der Waals surface area contributed by atoms with Crippen molar-refractivity contribution < 1.29 is 9.59 Å². The second-order valence-corrected chi connectivity index (χ2v) is 6.73. The average Bonchev–Trinajstić information content (AvgIpc) is 2.69. The van der Waals surface area contributed by atoms with E-state index in [9.17, 15) is 14.4 Å². The van der Waals surface area contributed by atoms with E-state index in [1.54, 1.807) is 49.4 Å². The van der Waals surface area contributed by atoms with Crippen LogP contribution in [0, 0.1) is 0 Å². The van der Waals surface area contributed by atoms with E-state index in [-0.39, 0.29) is 30.0 Å². The SMILES string of the molecule is CCN(CC(=O)Nc1c(Cl)cccc1Cl)C(=O)c1n[nH]c(=O)c2ccccc12. The summed E-state index contributed by atoms with van der Waals surface area (Å²) in [5.74, 6) is -0.936. The summed E-state index contributed by atoms with van der Waals surface area (Å²) in [5.41, 5.74) is -0.0334. The third-order valence-corrected chi connectivity index (χ3v) is 4.76. The summed E-state index contributed by atoms with van der Waals surface area (Å²) in [7, 11) is 0. The number of halogens is 2. The Morgan fingerprint density at radius 3 is 2.36 bits per heavy atom. The van der Waals surface area contributed by atoms with Gasteiger partial charge in [-0.2, -0.15) is 5.10 Å². The first kappa shape index (κ1) is 19.9. The van der Waals surface area contributed by atoms with Crippen LogP contribution in [0.4, 0.5) is 5.69 Å². The normalized spacial score (nSPS) is 10.7. The van der Waals surface area contributed by atoms with Crippen LogP contribution in [-0.4, -0.2) is 40.0 Å². The Morgan fingerprint density at radius 1 is 1.07 bits per heavy atom. The molecule has 0 saturated carbocycles. The van der Waals surface area contributed by atoms with Crippen LogP contribution in [0.1, 0.15) is 17.4 Å². The number of likely N-dealkylation sites (N-methyl/N-ethyl adjacent to an activating group) is 1. The first-order valence-corrected chi connectivity index (χ1v) is 9.18. The number of nitrogens with zero attached hydrogens (tertiary/aromatic N) is 2. The van der Waals surface area contributed by atoms with Crippen molar-refractivity contribution in [2.75, 3.05) is 18.4 Å². The number of carbonyl (C=O) groups is 2. The number of rotatable bonds is 5. The van der Waals surface area contributed by atoms with Gasteiger partial charge in [0.1, 0.15) is 6.54 Å². The second kappa shape index (κ2) is 8.41. The molecule has 0 aliphatic rings. The molecule has 9 heteroatoms. The van der Waals surface area contributed by atoms with Gasteiger partial charge >= 0.3 is 0 Å². The van der Waals surface area contributed by atoms with Gasteiger partial charge in [-0.3, -0.25) is 14.4 Å². The van der Waals surface area contributed by atoms with Crippen molar-refractivity contribution in [1.29, 1.82) is 0 Å². The molecule has 7 nitrogen and oxygen atoms in total. The Hall–Kier alpha value is -2.90. The van der Waals surface area contributed by atoms with Crippen LogP contribution < -0.4 is 10.9 Å². The van der Waals surface area contributed by atoms with Crippen LogP contribution in [0.2, 0.25) is 10.0 Å². The van der Waals surface area contributed by atoms with E-state index in [4.69, 9.17) is 23.2 Å². The molecule has 0 atom stereocenters. The van der Waals surface area contributed by atoms with Gasteiger partial charge in [-0.1, -0.05) is 47.5 Å². The molecule has 2 amide bonds. The van der Waals surface area contributed by atoms with Gasteiger partial charge in [0.2, 0.25) is 5.91 Å². The first-order valence-electron chi connectivity index (χ1n) is 8.43. The lowest BCUT2D eigenvalue weighted by Gasteiger charge is -2.20. The number of benzene rings is 2. The highest BCUT2D eigenvalue weighted by Crippen LogP contribution is 2.29. The Kier molecular flexibility index (Phi) is 5.96. The molecular weight excluding hydrogens is 403 g/mol. The lowest BCUT2D eigenvalue weighted by Crippen LogP contribution is -2.38. The average molecular weight is 419 g/mol. The summed E-state index contributed by atoms with van der Waals surface area (Å²) in [6.45, 7) is 1.77. The van der Waals surface area contributed by atoms with E-state index in [1.165, 1.54) is 4.90 Å². The molecule has 28 heavy (non-hydrogen) atoms. The fraction of sp³-hybridized carbons (Fsp3) is 0.158. The number of amides is 2. The van der Waals surface area contributed by atoms with Crippen LogP contribution >= 0.6 is 23.2 Å². The number of anilines is 1. The fourth-order valence-electron chi connectivity index (χ4n) is 2.72. The molecule has 3 aromatic rings. The third-order valence-electron chi connectivity index (χ3n) is 4.13. The monoisotopic (exact) mass is 418 g/mol. The highest BCUT2D eigenvalue weighted by molar-refractivity contribution is 6.39. The lowest BCUT2D eigenvalue weighted by atomic mass is 10.1. The largest absolute Gasteiger partial charge is 0.328 e. The first-order chi connectivity index (χ1) is 13.4. The molecule has 3 rings (SSSR count). The number of aromatic amines is 1. The van der Waals surface area contributed by atoms with E-state index in [0.29, 0.717) is 20.8 Å². The van der Waals surface area contributed by atoms with E-state index in [0.717, 1.165) is 0 Å². The van der Waals surface area contributed by atoms with Gasteiger partial charge < -0.3 is 10.2 Å². The number of aromatic nitrogens is 2. The summed E-state index contributed by atoms with van der Waals surface area (Å²) in [6, 6.07) is 11.5. The number of carbonyl (C=O) groups excluding carboxylic acids is 2. The van der Waals surface area contributed by atoms with Crippen LogP contribution in [0.15, 0.2) is 47.3 Å². The minimum atomic E-state index is -0.477. The lowest BCUT2D eigenvalue weighted by molar-refractivity contribution is -0.116. The Labute approximate surface area is 170 Å². The molecule has 0 aliphatic carbocycles. The summed E-state index contributed by atoms with van der Waals surface area (Å²) in [4.78, 5) is 38.6. The Bertz CT molecular complexity index is 1090. The minimum Gasteiger partial charge on any atom is -0.328 e. The zero-order chi connectivity index (χ0) is 20.3.